The van der Waals surface area contributed by atoms with Crippen molar-refractivity contribution in [1.29, 1.82) is 0 Å². The molecule has 0 saturated carbocycles. The van der Waals surface area contributed by atoms with Crippen LogP contribution in [0.1, 0.15) is 36.9 Å². The Balaban J connectivity index is 1.64. The van der Waals surface area contributed by atoms with Gasteiger partial charge < -0.3 is 10.6 Å². The minimum absolute atomic E-state index is 0.00764. The van der Waals surface area contributed by atoms with Gasteiger partial charge in [-0.15, -0.1) is 0 Å². The number of amides is 2. The first-order valence-electron chi connectivity index (χ1n) is 10.1. The molecule has 1 unspecified atom stereocenters. The Bertz CT molecular complexity index is 955. The van der Waals surface area contributed by atoms with E-state index in [2.05, 4.69) is 29.8 Å². The van der Waals surface area contributed by atoms with Crippen LogP contribution in [0.25, 0.3) is 0 Å². The fourth-order valence-electron chi connectivity index (χ4n) is 3.09. The average Bonchev–Trinajstić information content (AvgIpc) is 2.75. The van der Waals surface area contributed by atoms with E-state index in [1.807, 2.05) is 84.9 Å². The second-order valence-electron chi connectivity index (χ2n) is 7.40. The number of anilines is 2. The van der Waals surface area contributed by atoms with Crippen LogP contribution in [0.2, 0.25) is 0 Å². The molecule has 5 heteroatoms. The van der Waals surface area contributed by atoms with E-state index in [9.17, 15) is 9.59 Å². The highest BCUT2D eigenvalue weighted by molar-refractivity contribution is 5.97. The van der Waals surface area contributed by atoms with E-state index in [0.29, 0.717) is 11.6 Å². The number of hydrogen-bond acceptors (Lipinski definition) is 3. The predicted molar refractivity (Wildman–Crippen MR) is 121 cm³/mol. The molecule has 154 valence electrons. The van der Waals surface area contributed by atoms with Crippen LogP contribution in [-0.4, -0.2) is 18.4 Å². The molecule has 0 aliphatic rings. The highest BCUT2D eigenvalue weighted by Gasteiger charge is 2.21. The van der Waals surface area contributed by atoms with Crippen LogP contribution in [0.15, 0.2) is 84.9 Å². The van der Waals surface area contributed by atoms with Gasteiger partial charge in [0, 0.05) is 11.4 Å². The zero-order valence-corrected chi connectivity index (χ0v) is 17.3. The van der Waals surface area contributed by atoms with Crippen LogP contribution in [-0.2, 0) is 9.59 Å². The van der Waals surface area contributed by atoms with E-state index >= 15 is 0 Å². The lowest BCUT2D eigenvalue weighted by Crippen LogP contribution is -2.37. The van der Waals surface area contributed by atoms with Gasteiger partial charge in [-0.3, -0.25) is 14.9 Å². The first-order chi connectivity index (χ1) is 14.5. The average molecular weight is 402 g/mol. The number of benzene rings is 3. The molecule has 0 aliphatic heterocycles. The second-order valence-corrected chi connectivity index (χ2v) is 7.40. The number of hydrogen-bond donors (Lipinski definition) is 3. The van der Waals surface area contributed by atoms with Gasteiger partial charge >= 0.3 is 0 Å². The molecule has 2 amide bonds. The summed E-state index contributed by atoms with van der Waals surface area (Å²) in [7, 11) is 0. The lowest BCUT2D eigenvalue weighted by molar-refractivity contribution is -0.119. The molecule has 3 aromatic rings. The molecule has 0 heterocycles. The lowest BCUT2D eigenvalue weighted by Gasteiger charge is -2.19. The summed E-state index contributed by atoms with van der Waals surface area (Å²) in [4.78, 5) is 25.3. The van der Waals surface area contributed by atoms with Crippen LogP contribution in [0.4, 0.5) is 11.4 Å². The normalized spacial score (nSPS) is 11.7. The molecule has 0 spiro atoms. The van der Waals surface area contributed by atoms with Gasteiger partial charge in [-0.2, -0.15) is 0 Å². The molecular weight excluding hydrogens is 374 g/mol. The van der Waals surface area contributed by atoms with E-state index in [0.717, 1.165) is 11.3 Å². The number of carbonyl (C=O) groups excluding carboxylic acids is 2. The predicted octanol–water partition coefficient (Wildman–Crippen LogP) is 4.72. The van der Waals surface area contributed by atoms with Crippen molar-refractivity contribution >= 4 is 23.2 Å². The molecule has 1 atom stereocenters. The molecule has 3 aromatic carbocycles. The molecule has 5 nitrogen and oxygen atoms in total. The molecule has 0 fully saturated rings. The zero-order valence-electron chi connectivity index (χ0n) is 17.3. The van der Waals surface area contributed by atoms with Gasteiger partial charge in [0.2, 0.25) is 11.8 Å². The number of carbonyl (C=O) groups is 2. The summed E-state index contributed by atoms with van der Waals surface area (Å²) in [5.41, 5.74) is 3.45. The molecule has 3 N–H and O–H groups in total. The Labute approximate surface area is 177 Å². The quantitative estimate of drug-likeness (QED) is 0.512. The van der Waals surface area contributed by atoms with Gasteiger partial charge in [-0.25, -0.2) is 0 Å². The van der Waals surface area contributed by atoms with Gasteiger partial charge in [0.15, 0.2) is 0 Å². The van der Waals surface area contributed by atoms with Crippen molar-refractivity contribution in [2.75, 3.05) is 17.2 Å². The Kier molecular flexibility index (Phi) is 7.35. The van der Waals surface area contributed by atoms with Crippen molar-refractivity contribution in [2.45, 2.75) is 25.8 Å². The lowest BCUT2D eigenvalue weighted by atomic mass is 10.0. The Morgan fingerprint density at radius 1 is 0.700 bits per heavy atom. The third kappa shape index (κ3) is 6.03. The van der Waals surface area contributed by atoms with Crippen molar-refractivity contribution in [3.63, 3.8) is 0 Å². The van der Waals surface area contributed by atoms with Crippen LogP contribution in [0.3, 0.4) is 0 Å². The first-order valence-corrected chi connectivity index (χ1v) is 10.1. The minimum Gasteiger partial charge on any atom is -0.325 e. The van der Waals surface area contributed by atoms with Gasteiger partial charge in [-0.05, 0) is 41.3 Å². The van der Waals surface area contributed by atoms with Crippen molar-refractivity contribution < 1.29 is 9.59 Å². The Morgan fingerprint density at radius 3 is 1.87 bits per heavy atom. The van der Waals surface area contributed by atoms with Crippen molar-refractivity contribution in [3.8, 4) is 0 Å². The van der Waals surface area contributed by atoms with Crippen molar-refractivity contribution in [2.24, 2.45) is 0 Å². The van der Waals surface area contributed by atoms with E-state index < -0.39 is 6.04 Å². The summed E-state index contributed by atoms with van der Waals surface area (Å²) in [5, 5.41) is 8.85. The summed E-state index contributed by atoms with van der Waals surface area (Å²) in [6, 6.07) is 25.8. The van der Waals surface area contributed by atoms with Crippen LogP contribution < -0.4 is 16.0 Å². The van der Waals surface area contributed by atoms with Crippen LogP contribution in [0, 0.1) is 0 Å². The van der Waals surface area contributed by atoms with E-state index in [4.69, 9.17) is 0 Å². The molecule has 0 aromatic heterocycles. The summed E-state index contributed by atoms with van der Waals surface area (Å²) in [6.45, 7) is 4.26. The third-order valence-corrected chi connectivity index (χ3v) is 4.76. The third-order valence-electron chi connectivity index (χ3n) is 4.76. The number of para-hydroxylation sites is 1. The standard InChI is InChI=1S/C25H27N3O2/c1-18(2)19-13-15-22(16-14-19)27-23(29)17-26-24(20-9-5-3-6-10-20)25(30)28-21-11-7-4-8-12-21/h3-16,18,24,26H,17H2,1-2H3,(H,27,29)(H,28,30). The van der Waals surface area contributed by atoms with E-state index in [-0.39, 0.29) is 18.4 Å². The number of nitrogens with one attached hydrogen (secondary N) is 3. The smallest absolute Gasteiger partial charge is 0.246 e. The Morgan fingerprint density at radius 2 is 1.27 bits per heavy atom. The van der Waals surface area contributed by atoms with Crippen LogP contribution in [0.5, 0.6) is 0 Å². The highest BCUT2D eigenvalue weighted by Crippen LogP contribution is 2.18. The van der Waals surface area contributed by atoms with Gasteiger partial charge in [0.25, 0.3) is 0 Å². The maximum absolute atomic E-state index is 12.9. The van der Waals surface area contributed by atoms with E-state index in [1.165, 1.54) is 5.56 Å². The van der Waals surface area contributed by atoms with E-state index in [1.54, 1.807) is 0 Å². The van der Waals surface area contributed by atoms with Gasteiger partial charge in [0.05, 0.1) is 6.54 Å². The molecule has 0 saturated heterocycles. The van der Waals surface area contributed by atoms with Crippen molar-refractivity contribution in [1.82, 2.24) is 5.32 Å². The molecular formula is C25H27N3O2. The topological polar surface area (TPSA) is 70.2 Å². The molecule has 3 rings (SSSR count). The summed E-state index contributed by atoms with van der Waals surface area (Å²) in [6.07, 6.45) is 0. The summed E-state index contributed by atoms with van der Waals surface area (Å²) >= 11 is 0. The number of rotatable bonds is 8. The molecule has 30 heavy (non-hydrogen) atoms. The van der Waals surface area contributed by atoms with Gasteiger partial charge in [0.1, 0.15) is 6.04 Å². The SMILES string of the molecule is CC(C)c1ccc(NC(=O)CNC(C(=O)Nc2ccccc2)c2ccccc2)cc1. The summed E-state index contributed by atoms with van der Waals surface area (Å²) in [5.74, 6) is 0.00778. The molecule has 0 aliphatic carbocycles. The maximum Gasteiger partial charge on any atom is 0.246 e. The fourth-order valence-corrected chi connectivity index (χ4v) is 3.09. The largest absolute Gasteiger partial charge is 0.325 e. The highest BCUT2D eigenvalue weighted by atomic mass is 16.2. The Hall–Kier alpha value is -3.44. The summed E-state index contributed by atoms with van der Waals surface area (Å²) < 4.78 is 0. The zero-order chi connectivity index (χ0) is 21.3. The van der Waals surface area contributed by atoms with Crippen molar-refractivity contribution in [3.05, 3.63) is 96.1 Å². The maximum atomic E-state index is 12.9. The van der Waals surface area contributed by atoms with Crippen LogP contribution >= 0.6 is 0 Å². The fraction of sp³-hybridized carbons (Fsp3) is 0.200. The molecule has 0 radical (unpaired) electrons. The molecule has 0 bridgehead atoms. The second kappa shape index (κ2) is 10.4. The first kappa shape index (κ1) is 21.3. The monoisotopic (exact) mass is 401 g/mol. The minimum atomic E-state index is -0.652. The van der Waals surface area contributed by atoms with Gasteiger partial charge in [-0.1, -0.05) is 74.5 Å².